The average molecular weight is 252 g/mol. The van der Waals surface area contributed by atoms with E-state index in [9.17, 15) is 0 Å². The monoisotopic (exact) mass is 252 g/mol. The molecule has 0 bridgehead atoms. The minimum Gasteiger partial charge on any atom is -0.495 e. The number of thioether (sulfide) groups is 1. The molecule has 3 nitrogen and oxygen atoms in total. The summed E-state index contributed by atoms with van der Waals surface area (Å²) in [6.45, 7) is 0. The molecule has 17 heavy (non-hydrogen) atoms. The van der Waals surface area contributed by atoms with Crippen molar-refractivity contribution < 1.29 is 4.74 Å². The Morgan fingerprint density at radius 2 is 2.18 bits per heavy atom. The van der Waals surface area contributed by atoms with Crippen LogP contribution in [-0.2, 0) is 0 Å². The van der Waals surface area contributed by atoms with Crippen LogP contribution in [0.3, 0.4) is 0 Å². The fraction of sp³-hybridized carbons (Fsp3) is 0.615. The molecule has 2 unspecified atom stereocenters. The van der Waals surface area contributed by atoms with E-state index in [4.69, 9.17) is 4.74 Å². The minimum atomic E-state index is 0.555. The molecule has 1 aromatic heterocycles. The first-order valence-electron chi connectivity index (χ1n) is 6.13. The summed E-state index contributed by atoms with van der Waals surface area (Å²) < 4.78 is 5.11. The molecule has 0 radical (unpaired) electrons. The molecule has 94 valence electrons. The lowest BCUT2D eigenvalue weighted by atomic mass is 9.95. The molecular weight excluding hydrogens is 232 g/mol. The molecule has 1 aromatic rings. The van der Waals surface area contributed by atoms with Gasteiger partial charge < -0.3 is 10.1 Å². The maximum atomic E-state index is 5.11. The molecule has 2 atom stereocenters. The van der Waals surface area contributed by atoms with Gasteiger partial charge >= 0.3 is 0 Å². The molecule has 4 heteroatoms. The summed E-state index contributed by atoms with van der Waals surface area (Å²) >= 11 is 1.97. The molecule has 0 spiro atoms. The summed E-state index contributed by atoms with van der Waals surface area (Å²) in [5.74, 6) is 1.76. The van der Waals surface area contributed by atoms with Gasteiger partial charge in [-0.25, -0.2) is 4.98 Å². The quantitative estimate of drug-likeness (QED) is 0.892. The lowest BCUT2D eigenvalue weighted by Gasteiger charge is -2.31. The SMILES string of the molecule is COc1ccc(NC2CCCCC2SC)nc1. The standard InChI is InChI=1S/C13H20N2OS/c1-16-10-7-8-13(14-9-10)15-11-5-3-4-6-12(11)17-2/h7-9,11-12H,3-6H2,1-2H3,(H,14,15). The van der Waals surface area contributed by atoms with Crippen LogP contribution in [0.1, 0.15) is 25.7 Å². The predicted molar refractivity (Wildman–Crippen MR) is 74.0 cm³/mol. The van der Waals surface area contributed by atoms with E-state index < -0.39 is 0 Å². The van der Waals surface area contributed by atoms with Crippen LogP contribution in [0.15, 0.2) is 18.3 Å². The zero-order chi connectivity index (χ0) is 12.1. The largest absolute Gasteiger partial charge is 0.495 e. The Kier molecular flexibility index (Phi) is 4.54. The zero-order valence-corrected chi connectivity index (χ0v) is 11.3. The van der Waals surface area contributed by atoms with Crippen molar-refractivity contribution in [3.05, 3.63) is 18.3 Å². The van der Waals surface area contributed by atoms with Crippen molar-refractivity contribution in [1.29, 1.82) is 0 Å². The van der Waals surface area contributed by atoms with Gasteiger partial charge in [-0.05, 0) is 31.2 Å². The summed E-state index contributed by atoms with van der Waals surface area (Å²) in [7, 11) is 1.66. The second-order valence-electron chi connectivity index (χ2n) is 4.39. The van der Waals surface area contributed by atoms with E-state index >= 15 is 0 Å². The van der Waals surface area contributed by atoms with Gasteiger partial charge in [-0.2, -0.15) is 11.8 Å². The van der Waals surface area contributed by atoms with Gasteiger partial charge in [-0.1, -0.05) is 12.8 Å². The van der Waals surface area contributed by atoms with E-state index in [-0.39, 0.29) is 0 Å². The Morgan fingerprint density at radius 1 is 1.35 bits per heavy atom. The van der Waals surface area contributed by atoms with E-state index in [0.29, 0.717) is 11.3 Å². The van der Waals surface area contributed by atoms with Gasteiger partial charge in [0.1, 0.15) is 11.6 Å². The highest BCUT2D eigenvalue weighted by Gasteiger charge is 2.24. The van der Waals surface area contributed by atoms with E-state index in [0.717, 1.165) is 11.6 Å². The number of hydrogen-bond acceptors (Lipinski definition) is 4. The normalized spacial score (nSPS) is 24.4. The highest BCUT2D eigenvalue weighted by molar-refractivity contribution is 7.99. The summed E-state index contributed by atoms with van der Waals surface area (Å²) in [6, 6.07) is 4.50. The Hall–Kier alpha value is -0.900. The number of anilines is 1. The third kappa shape index (κ3) is 3.28. The first kappa shape index (κ1) is 12.6. The fourth-order valence-corrected chi connectivity index (χ4v) is 3.26. The van der Waals surface area contributed by atoms with Crippen LogP contribution in [0.5, 0.6) is 5.75 Å². The van der Waals surface area contributed by atoms with Crippen LogP contribution in [0.4, 0.5) is 5.82 Å². The molecular formula is C13H20N2OS. The number of hydrogen-bond donors (Lipinski definition) is 1. The molecule has 0 amide bonds. The number of aromatic nitrogens is 1. The van der Waals surface area contributed by atoms with Crippen LogP contribution < -0.4 is 10.1 Å². The van der Waals surface area contributed by atoms with Gasteiger partial charge in [-0.3, -0.25) is 0 Å². The predicted octanol–water partition coefficient (Wildman–Crippen LogP) is 3.18. The number of nitrogens with zero attached hydrogens (tertiary/aromatic N) is 1. The van der Waals surface area contributed by atoms with Crippen molar-refractivity contribution in [2.45, 2.75) is 37.0 Å². The molecule has 0 aliphatic heterocycles. The Labute approximate surface area is 107 Å². The van der Waals surface area contributed by atoms with Crippen LogP contribution in [0.2, 0.25) is 0 Å². The summed E-state index contributed by atoms with van der Waals surface area (Å²) in [4.78, 5) is 4.37. The van der Waals surface area contributed by atoms with Gasteiger partial charge in [-0.15, -0.1) is 0 Å². The lowest BCUT2D eigenvalue weighted by molar-refractivity contribution is 0.413. The number of nitrogens with one attached hydrogen (secondary N) is 1. The third-order valence-electron chi connectivity index (χ3n) is 3.31. The lowest BCUT2D eigenvalue weighted by Crippen LogP contribution is -2.34. The molecule has 1 heterocycles. The van der Waals surface area contributed by atoms with Crippen molar-refractivity contribution >= 4 is 17.6 Å². The molecule has 0 saturated heterocycles. The zero-order valence-electron chi connectivity index (χ0n) is 10.5. The molecule has 1 aliphatic carbocycles. The maximum absolute atomic E-state index is 5.11. The molecule has 1 N–H and O–H groups in total. The van der Waals surface area contributed by atoms with E-state index in [1.807, 2.05) is 23.9 Å². The van der Waals surface area contributed by atoms with Crippen molar-refractivity contribution in [2.75, 3.05) is 18.7 Å². The Balaban J connectivity index is 1.98. The highest BCUT2D eigenvalue weighted by Crippen LogP contribution is 2.29. The van der Waals surface area contributed by atoms with Crippen molar-refractivity contribution in [3.8, 4) is 5.75 Å². The number of methoxy groups -OCH3 is 1. The van der Waals surface area contributed by atoms with E-state index in [1.165, 1.54) is 25.7 Å². The Morgan fingerprint density at radius 3 is 2.82 bits per heavy atom. The van der Waals surface area contributed by atoms with Gasteiger partial charge in [0.2, 0.25) is 0 Å². The first-order valence-corrected chi connectivity index (χ1v) is 7.41. The second kappa shape index (κ2) is 6.15. The van der Waals surface area contributed by atoms with Gasteiger partial charge in [0.15, 0.2) is 0 Å². The van der Waals surface area contributed by atoms with Crippen molar-refractivity contribution in [3.63, 3.8) is 0 Å². The van der Waals surface area contributed by atoms with Crippen molar-refractivity contribution in [2.24, 2.45) is 0 Å². The minimum absolute atomic E-state index is 0.555. The van der Waals surface area contributed by atoms with Crippen LogP contribution in [0.25, 0.3) is 0 Å². The molecule has 1 fully saturated rings. The third-order valence-corrected chi connectivity index (χ3v) is 4.48. The number of ether oxygens (including phenoxy) is 1. The highest BCUT2D eigenvalue weighted by atomic mass is 32.2. The van der Waals surface area contributed by atoms with Crippen LogP contribution >= 0.6 is 11.8 Å². The number of pyridine rings is 1. The summed E-state index contributed by atoms with van der Waals surface area (Å²) in [5, 5.41) is 4.26. The van der Waals surface area contributed by atoms with Crippen molar-refractivity contribution in [1.82, 2.24) is 4.98 Å². The first-order chi connectivity index (χ1) is 8.33. The summed E-state index contributed by atoms with van der Waals surface area (Å²) in [5.41, 5.74) is 0. The number of rotatable bonds is 4. The Bertz CT molecular complexity index is 342. The van der Waals surface area contributed by atoms with Crippen LogP contribution in [0, 0.1) is 0 Å². The fourth-order valence-electron chi connectivity index (χ4n) is 2.32. The van der Waals surface area contributed by atoms with Crippen LogP contribution in [-0.4, -0.2) is 29.6 Å². The topological polar surface area (TPSA) is 34.1 Å². The molecule has 1 aliphatic rings. The van der Waals surface area contributed by atoms with Gasteiger partial charge in [0.05, 0.1) is 13.3 Å². The van der Waals surface area contributed by atoms with Gasteiger partial charge in [0.25, 0.3) is 0 Å². The summed E-state index contributed by atoms with van der Waals surface area (Å²) in [6.07, 6.45) is 9.21. The maximum Gasteiger partial charge on any atom is 0.137 e. The molecule has 2 rings (SSSR count). The van der Waals surface area contributed by atoms with Gasteiger partial charge in [0, 0.05) is 11.3 Å². The smallest absolute Gasteiger partial charge is 0.137 e. The molecule has 0 aromatic carbocycles. The average Bonchev–Trinajstić information content (AvgIpc) is 2.40. The van der Waals surface area contributed by atoms with E-state index in [2.05, 4.69) is 16.6 Å². The van der Waals surface area contributed by atoms with E-state index in [1.54, 1.807) is 13.3 Å². The molecule has 1 saturated carbocycles. The second-order valence-corrected chi connectivity index (χ2v) is 5.47.